The van der Waals surface area contributed by atoms with Crippen LogP contribution in [-0.2, 0) is 13.7 Å². The van der Waals surface area contributed by atoms with E-state index in [9.17, 15) is 5.11 Å². The molecule has 5 nitrogen and oxygen atoms in total. The average Bonchev–Trinajstić information content (AvgIpc) is 2.90. The second kappa shape index (κ2) is 7.96. The van der Waals surface area contributed by atoms with Gasteiger partial charge in [-0.05, 0) is 44.5 Å². The lowest BCUT2D eigenvalue weighted by molar-refractivity contribution is 0.182. The fourth-order valence-corrected chi connectivity index (χ4v) is 2.16. The third-order valence-electron chi connectivity index (χ3n) is 3.68. The van der Waals surface area contributed by atoms with Crippen LogP contribution in [0.5, 0.6) is 5.75 Å². The minimum atomic E-state index is -0.262. The smallest absolute Gasteiger partial charge is 0.146 e. The van der Waals surface area contributed by atoms with Crippen LogP contribution in [0.15, 0.2) is 36.7 Å². The Morgan fingerprint density at radius 3 is 2.59 bits per heavy atom. The highest BCUT2D eigenvalue weighted by Gasteiger charge is 2.06. The van der Waals surface area contributed by atoms with Gasteiger partial charge in [0.25, 0.3) is 0 Å². The van der Waals surface area contributed by atoms with Gasteiger partial charge >= 0.3 is 0 Å². The van der Waals surface area contributed by atoms with Gasteiger partial charge in [0.05, 0.1) is 6.10 Å². The molecule has 1 heterocycles. The number of hydrogen-bond donors (Lipinski definition) is 2. The first-order valence-corrected chi connectivity index (χ1v) is 7.66. The van der Waals surface area contributed by atoms with Crippen molar-refractivity contribution in [2.75, 3.05) is 6.54 Å². The number of nitrogens with one attached hydrogen (secondary N) is 1. The Hall–Kier alpha value is -1.85. The van der Waals surface area contributed by atoms with E-state index in [1.165, 1.54) is 5.56 Å². The van der Waals surface area contributed by atoms with Crippen LogP contribution in [0.1, 0.15) is 37.7 Å². The lowest BCUT2D eigenvalue weighted by atomic mass is 10.1. The second-order valence-electron chi connectivity index (χ2n) is 5.63. The number of aryl methyl sites for hydroxylation is 1. The van der Waals surface area contributed by atoms with Gasteiger partial charge in [0.1, 0.15) is 18.2 Å². The Kier molecular flexibility index (Phi) is 5.98. The van der Waals surface area contributed by atoms with E-state index < -0.39 is 0 Å². The average molecular weight is 303 g/mol. The first-order valence-electron chi connectivity index (χ1n) is 7.66. The predicted octanol–water partition coefficient (Wildman–Crippen LogP) is 2.42. The minimum absolute atomic E-state index is 0.252. The summed E-state index contributed by atoms with van der Waals surface area (Å²) in [5, 5.41) is 12.7. The zero-order valence-electron chi connectivity index (χ0n) is 13.5. The molecule has 0 fully saturated rings. The van der Waals surface area contributed by atoms with Crippen LogP contribution in [0.2, 0.25) is 0 Å². The zero-order valence-corrected chi connectivity index (χ0v) is 13.5. The minimum Gasteiger partial charge on any atom is -0.486 e. The first kappa shape index (κ1) is 16.5. The highest BCUT2D eigenvalue weighted by Crippen LogP contribution is 2.18. The molecule has 2 N–H and O–H groups in total. The van der Waals surface area contributed by atoms with E-state index in [1.54, 1.807) is 13.1 Å². The molecule has 0 spiro atoms. The van der Waals surface area contributed by atoms with Crippen molar-refractivity contribution >= 4 is 0 Å². The van der Waals surface area contributed by atoms with Gasteiger partial charge in [-0.25, -0.2) is 4.98 Å². The third kappa shape index (κ3) is 4.86. The molecule has 0 radical (unpaired) electrons. The van der Waals surface area contributed by atoms with Crippen molar-refractivity contribution in [3.8, 4) is 5.75 Å². The predicted molar refractivity (Wildman–Crippen MR) is 86.7 cm³/mol. The van der Waals surface area contributed by atoms with Gasteiger partial charge in [-0.1, -0.05) is 12.1 Å². The van der Waals surface area contributed by atoms with E-state index in [1.807, 2.05) is 29.9 Å². The van der Waals surface area contributed by atoms with Gasteiger partial charge in [0, 0.05) is 25.5 Å². The van der Waals surface area contributed by atoms with Gasteiger partial charge in [-0.15, -0.1) is 0 Å². The summed E-state index contributed by atoms with van der Waals surface area (Å²) in [4.78, 5) is 4.23. The SMILES string of the molecule is CC(O)CCNC(C)c1ccc(OCc2nccn2C)cc1. The molecular formula is C17H25N3O2. The number of imidazole rings is 1. The van der Waals surface area contributed by atoms with Crippen molar-refractivity contribution in [3.63, 3.8) is 0 Å². The molecule has 2 aromatic rings. The third-order valence-corrected chi connectivity index (χ3v) is 3.68. The zero-order chi connectivity index (χ0) is 15.9. The van der Waals surface area contributed by atoms with Crippen LogP contribution in [0, 0.1) is 0 Å². The molecule has 0 saturated carbocycles. The second-order valence-corrected chi connectivity index (χ2v) is 5.63. The summed E-state index contributed by atoms with van der Waals surface area (Å²) in [5.41, 5.74) is 1.20. The maximum atomic E-state index is 9.27. The standard InChI is InChI=1S/C17H25N3O2/c1-13(21)8-9-18-14(2)15-4-6-16(7-5-15)22-12-17-19-10-11-20(17)3/h4-7,10-11,13-14,18,21H,8-9,12H2,1-3H3. The van der Waals surface area contributed by atoms with E-state index >= 15 is 0 Å². The summed E-state index contributed by atoms with van der Waals surface area (Å²) >= 11 is 0. The van der Waals surface area contributed by atoms with E-state index in [2.05, 4.69) is 29.4 Å². The highest BCUT2D eigenvalue weighted by molar-refractivity contribution is 5.29. The Morgan fingerprint density at radius 1 is 1.27 bits per heavy atom. The number of aliphatic hydroxyl groups excluding tert-OH is 1. The van der Waals surface area contributed by atoms with Crippen molar-refractivity contribution < 1.29 is 9.84 Å². The molecule has 5 heteroatoms. The Labute approximate surface area is 132 Å². The van der Waals surface area contributed by atoms with Gasteiger partial charge in [-0.2, -0.15) is 0 Å². The number of rotatable bonds is 8. The van der Waals surface area contributed by atoms with Crippen LogP contribution in [0.25, 0.3) is 0 Å². The monoisotopic (exact) mass is 303 g/mol. The number of aliphatic hydroxyl groups is 1. The molecular weight excluding hydrogens is 278 g/mol. The molecule has 2 unspecified atom stereocenters. The number of aromatic nitrogens is 2. The van der Waals surface area contributed by atoms with E-state index in [-0.39, 0.29) is 12.1 Å². The number of benzene rings is 1. The van der Waals surface area contributed by atoms with Crippen LogP contribution >= 0.6 is 0 Å². The topological polar surface area (TPSA) is 59.3 Å². The summed E-state index contributed by atoms with van der Waals surface area (Å²) in [6.45, 7) is 5.19. The summed E-state index contributed by atoms with van der Waals surface area (Å²) < 4.78 is 7.69. The Morgan fingerprint density at radius 2 is 2.00 bits per heavy atom. The van der Waals surface area contributed by atoms with Gasteiger partial charge < -0.3 is 19.7 Å². The Balaban J connectivity index is 1.83. The van der Waals surface area contributed by atoms with E-state index in [0.29, 0.717) is 6.61 Å². The summed E-state index contributed by atoms with van der Waals surface area (Å²) in [6, 6.07) is 8.33. The molecule has 1 aromatic carbocycles. The molecule has 0 saturated heterocycles. The van der Waals surface area contributed by atoms with Crippen molar-refractivity contribution in [2.45, 2.75) is 39.0 Å². The van der Waals surface area contributed by atoms with Gasteiger partial charge in [0.2, 0.25) is 0 Å². The molecule has 2 rings (SSSR count). The van der Waals surface area contributed by atoms with Crippen LogP contribution in [0.4, 0.5) is 0 Å². The molecule has 0 aliphatic carbocycles. The largest absolute Gasteiger partial charge is 0.486 e. The molecule has 2 atom stereocenters. The molecule has 0 aliphatic rings. The highest BCUT2D eigenvalue weighted by atomic mass is 16.5. The Bertz CT molecular complexity index is 564. The fourth-order valence-electron chi connectivity index (χ4n) is 2.16. The van der Waals surface area contributed by atoms with Crippen molar-refractivity contribution in [3.05, 3.63) is 48.0 Å². The lowest BCUT2D eigenvalue weighted by Crippen LogP contribution is -2.22. The normalized spacial score (nSPS) is 13.8. The van der Waals surface area contributed by atoms with Crippen molar-refractivity contribution in [1.82, 2.24) is 14.9 Å². The van der Waals surface area contributed by atoms with Crippen LogP contribution in [-0.4, -0.2) is 27.3 Å². The quantitative estimate of drug-likeness (QED) is 0.786. The van der Waals surface area contributed by atoms with Gasteiger partial charge in [-0.3, -0.25) is 0 Å². The lowest BCUT2D eigenvalue weighted by Gasteiger charge is -2.15. The number of nitrogens with zero attached hydrogens (tertiary/aromatic N) is 2. The molecule has 1 aromatic heterocycles. The summed E-state index contributed by atoms with van der Waals surface area (Å²) in [6.07, 6.45) is 4.17. The van der Waals surface area contributed by atoms with Gasteiger partial charge in [0.15, 0.2) is 0 Å². The fraction of sp³-hybridized carbons (Fsp3) is 0.471. The van der Waals surface area contributed by atoms with E-state index in [4.69, 9.17) is 4.74 Å². The maximum Gasteiger partial charge on any atom is 0.146 e. The van der Waals surface area contributed by atoms with Crippen LogP contribution < -0.4 is 10.1 Å². The first-order chi connectivity index (χ1) is 10.6. The molecule has 0 bridgehead atoms. The van der Waals surface area contributed by atoms with Crippen molar-refractivity contribution in [2.24, 2.45) is 7.05 Å². The summed E-state index contributed by atoms with van der Waals surface area (Å²) in [7, 11) is 1.95. The number of hydrogen-bond acceptors (Lipinski definition) is 4. The van der Waals surface area contributed by atoms with Crippen LogP contribution in [0.3, 0.4) is 0 Å². The van der Waals surface area contributed by atoms with E-state index in [0.717, 1.165) is 24.5 Å². The molecule has 0 amide bonds. The summed E-state index contributed by atoms with van der Waals surface area (Å²) in [5.74, 6) is 1.74. The molecule has 0 aliphatic heterocycles. The maximum absolute atomic E-state index is 9.27. The number of ether oxygens (including phenoxy) is 1. The molecule has 22 heavy (non-hydrogen) atoms. The molecule has 120 valence electrons. The van der Waals surface area contributed by atoms with Crippen molar-refractivity contribution in [1.29, 1.82) is 0 Å².